The van der Waals surface area contributed by atoms with Crippen molar-refractivity contribution in [3.63, 3.8) is 0 Å². The predicted octanol–water partition coefficient (Wildman–Crippen LogP) is 3.39. The molecule has 1 unspecified atom stereocenters. The summed E-state index contributed by atoms with van der Waals surface area (Å²) in [6.07, 6.45) is -2.27. The number of carbonyl (C=O) groups excluding carboxylic acids is 2. The highest BCUT2D eigenvalue weighted by atomic mass is 35.5. The van der Waals surface area contributed by atoms with Crippen molar-refractivity contribution >= 4 is 46.3 Å². The first-order valence-electron chi connectivity index (χ1n) is 9.25. The van der Waals surface area contributed by atoms with Crippen LogP contribution in [0.5, 0.6) is 0 Å². The Labute approximate surface area is 194 Å². The molecule has 0 spiro atoms. The minimum absolute atomic E-state index is 0.0228. The molecule has 3 rings (SSSR count). The molecule has 33 heavy (non-hydrogen) atoms. The second kappa shape index (κ2) is 9.68. The average molecular weight is 500 g/mol. The Morgan fingerprint density at radius 3 is 2.61 bits per heavy atom. The molecule has 2 aromatic heterocycles. The lowest BCUT2D eigenvalue weighted by molar-refractivity contribution is -0.137. The van der Waals surface area contributed by atoms with Gasteiger partial charge < -0.3 is 22.1 Å². The standard InChI is InChI=1S/C19H17ClF3N7O2S/c1-8(29-17(32)14-10(5-24)15(25)28-7-27-14)18-26-6-13(33-18)16(31)30-9-2-3-12(20)11(4-9)19(21,22)23/h2-4,6-8H,5,24H2,1H3,(H,29,32)(H,30,31)(H2,25,27,28). The molecule has 0 saturated heterocycles. The highest BCUT2D eigenvalue weighted by Crippen LogP contribution is 2.36. The maximum Gasteiger partial charge on any atom is 0.417 e. The molecule has 3 aromatic rings. The topological polar surface area (TPSA) is 149 Å². The maximum absolute atomic E-state index is 13.0. The van der Waals surface area contributed by atoms with E-state index in [0.29, 0.717) is 10.6 Å². The second-order valence-corrected chi connectivity index (χ2v) is 8.16. The summed E-state index contributed by atoms with van der Waals surface area (Å²) in [5, 5.41) is 4.97. The monoisotopic (exact) mass is 499 g/mol. The fraction of sp³-hybridized carbons (Fsp3) is 0.211. The molecule has 9 nitrogen and oxygen atoms in total. The third kappa shape index (κ3) is 5.56. The van der Waals surface area contributed by atoms with Crippen molar-refractivity contribution in [1.82, 2.24) is 20.3 Å². The van der Waals surface area contributed by atoms with E-state index in [1.54, 1.807) is 6.92 Å². The van der Waals surface area contributed by atoms with Crippen LogP contribution in [0.4, 0.5) is 24.7 Å². The Balaban J connectivity index is 1.71. The van der Waals surface area contributed by atoms with Crippen molar-refractivity contribution < 1.29 is 22.8 Å². The van der Waals surface area contributed by atoms with Crippen molar-refractivity contribution in [1.29, 1.82) is 0 Å². The predicted molar refractivity (Wildman–Crippen MR) is 117 cm³/mol. The van der Waals surface area contributed by atoms with Gasteiger partial charge in [-0.05, 0) is 25.1 Å². The molecule has 0 fully saturated rings. The third-order valence-electron chi connectivity index (χ3n) is 4.39. The zero-order valence-corrected chi connectivity index (χ0v) is 18.5. The largest absolute Gasteiger partial charge is 0.417 e. The van der Waals surface area contributed by atoms with Gasteiger partial charge in [-0.3, -0.25) is 9.59 Å². The van der Waals surface area contributed by atoms with Crippen LogP contribution in [0.1, 0.15) is 49.3 Å². The van der Waals surface area contributed by atoms with Gasteiger partial charge in [-0.2, -0.15) is 13.2 Å². The normalized spacial score (nSPS) is 12.3. The molecule has 174 valence electrons. The van der Waals surface area contributed by atoms with E-state index < -0.39 is 34.6 Å². The van der Waals surface area contributed by atoms with Gasteiger partial charge in [-0.1, -0.05) is 11.6 Å². The first kappa shape index (κ1) is 24.4. The SMILES string of the molecule is CC(NC(=O)c1ncnc(N)c1CN)c1ncc(C(=O)Nc2ccc(Cl)c(C(F)(F)F)c2)s1. The van der Waals surface area contributed by atoms with Gasteiger partial charge in [0.15, 0.2) is 0 Å². The van der Waals surface area contributed by atoms with Crippen molar-refractivity contribution in [3.05, 3.63) is 62.5 Å². The summed E-state index contributed by atoms with van der Waals surface area (Å²) in [7, 11) is 0. The number of thiazole rings is 1. The van der Waals surface area contributed by atoms with Gasteiger partial charge in [0.05, 0.1) is 22.8 Å². The summed E-state index contributed by atoms with van der Waals surface area (Å²) >= 11 is 6.55. The molecule has 2 heterocycles. The molecule has 0 bridgehead atoms. The molecule has 0 aliphatic rings. The summed E-state index contributed by atoms with van der Waals surface area (Å²) in [5.74, 6) is -1.13. The van der Waals surface area contributed by atoms with E-state index in [9.17, 15) is 22.8 Å². The number of carbonyl (C=O) groups is 2. The molecule has 0 aliphatic carbocycles. The van der Waals surface area contributed by atoms with E-state index in [2.05, 4.69) is 25.6 Å². The first-order valence-corrected chi connectivity index (χ1v) is 10.4. The molecule has 2 amide bonds. The Bertz CT molecular complexity index is 1200. The molecule has 0 radical (unpaired) electrons. The van der Waals surface area contributed by atoms with E-state index >= 15 is 0 Å². The van der Waals surface area contributed by atoms with Crippen LogP contribution in [0, 0.1) is 0 Å². The Morgan fingerprint density at radius 2 is 1.94 bits per heavy atom. The fourth-order valence-corrected chi connectivity index (χ4v) is 3.80. The molecule has 14 heteroatoms. The van der Waals surface area contributed by atoms with E-state index in [0.717, 1.165) is 29.8 Å². The lowest BCUT2D eigenvalue weighted by atomic mass is 10.2. The number of benzene rings is 1. The summed E-state index contributed by atoms with van der Waals surface area (Å²) in [5.41, 5.74) is 10.5. The number of rotatable bonds is 6. The Kier molecular flexibility index (Phi) is 7.15. The van der Waals surface area contributed by atoms with Gasteiger partial charge in [-0.15, -0.1) is 11.3 Å². The quantitative estimate of drug-likeness (QED) is 0.406. The van der Waals surface area contributed by atoms with E-state index in [4.69, 9.17) is 23.1 Å². The van der Waals surface area contributed by atoms with Gasteiger partial charge in [0.2, 0.25) is 0 Å². The Hall–Kier alpha value is -3.29. The number of nitrogens with one attached hydrogen (secondary N) is 2. The van der Waals surface area contributed by atoms with Gasteiger partial charge in [-0.25, -0.2) is 15.0 Å². The summed E-state index contributed by atoms with van der Waals surface area (Å²) in [6.45, 7) is 1.60. The van der Waals surface area contributed by atoms with Crippen LogP contribution in [-0.2, 0) is 12.7 Å². The van der Waals surface area contributed by atoms with Gasteiger partial charge in [0.25, 0.3) is 11.8 Å². The molecule has 0 saturated carbocycles. The summed E-state index contributed by atoms with van der Waals surface area (Å²) in [6, 6.07) is 2.43. The van der Waals surface area contributed by atoms with Crippen molar-refractivity contribution in [2.45, 2.75) is 25.7 Å². The number of alkyl halides is 3. The lowest BCUT2D eigenvalue weighted by Gasteiger charge is -2.13. The van der Waals surface area contributed by atoms with E-state index in [1.807, 2.05) is 0 Å². The Morgan fingerprint density at radius 1 is 1.21 bits per heavy atom. The number of hydrogen-bond donors (Lipinski definition) is 4. The van der Waals surface area contributed by atoms with Gasteiger partial charge in [0.1, 0.15) is 27.7 Å². The fourth-order valence-electron chi connectivity index (χ4n) is 2.76. The average Bonchev–Trinajstić information content (AvgIpc) is 3.24. The highest BCUT2D eigenvalue weighted by molar-refractivity contribution is 7.13. The van der Waals surface area contributed by atoms with Crippen LogP contribution < -0.4 is 22.1 Å². The number of nitrogen functional groups attached to an aromatic ring is 1. The van der Waals surface area contributed by atoms with Crippen LogP contribution in [0.25, 0.3) is 0 Å². The molecule has 6 N–H and O–H groups in total. The van der Waals surface area contributed by atoms with Crippen LogP contribution in [0.2, 0.25) is 5.02 Å². The second-order valence-electron chi connectivity index (χ2n) is 6.69. The first-order chi connectivity index (χ1) is 15.5. The minimum Gasteiger partial charge on any atom is -0.383 e. The van der Waals surface area contributed by atoms with Crippen LogP contribution in [0.15, 0.2) is 30.7 Å². The summed E-state index contributed by atoms with van der Waals surface area (Å²) < 4.78 is 39.0. The van der Waals surface area contributed by atoms with Crippen molar-refractivity contribution in [3.8, 4) is 0 Å². The number of amides is 2. The van der Waals surface area contributed by atoms with Crippen LogP contribution >= 0.6 is 22.9 Å². The molecule has 0 aliphatic heterocycles. The number of nitrogens with zero attached hydrogens (tertiary/aromatic N) is 3. The summed E-state index contributed by atoms with van der Waals surface area (Å²) in [4.78, 5) is 37.0. The number of hydrogen-bond acceptors (Lipinski definition) is 8. The number of nitrogens with two attached hydrogens (primary N) is 2. The number of aromatic nitrogens is 3. The van der Waals surface area contributed by atoms with E-state index in [1.165, 1.54) is 12.3 Å². The zero-order valence-electron chi connectivity index (χ0n) is 16.9. The third-order valence-corrected chi connectivity index (χ3v) is 5.90. The maximum atomic E-state index is 13.0. The lowest BCUT2D eigenvalue weighted by Crippen LogP contribution is -2.29. The van der Waals surface area contributed by atoms with E-state index in [-0.39, 0.29) is 28.6 Å². The minimum atomic E-state index is -4.67. The molecular weight excluding hydrogens is 483 g/mol. The van der Waals surface area contributed by atoms with Crippen LogP contribution in [0.3, 0.4) is 0 Å². The van der Waals surface area contributed by atoms with Crippen molar-refractivity contribution in [2.24, 2.45) is 5.73 Å². The molecular formula is C19H17ClF3N7O2S. The number of halogens is 4. The van der Waals surface area contributed by atoms with Gasteiger partial charge in [0, 0.05) is 17.8 Å². The van der Waals surface area contributed by atoms with Crippen LogP contribution in [-0.4, -0.2) is 26.8 Å². The molecule has 1 atom stereocenters. The smallest absolute Gasteiger partial charge is 0.383 e. The highest BCUT2D eigenvalue weighted by Gasteiger charge is 2.33. The van der Waals surface area contributed by atoms with Gasteiger partial charge >= 0.3 is 6.18 Å². The van der Waals surface area contributed by atoms with Crippen molar-refractivity contribution in [2.75, 3.05) is 11.1 Å². The number of anilines is 2. The zero-order chi connectivity index (χ0) is 24.3. The molecule has 1 aromatic carbocycles.